The predicted octanol–water partition coefficient (Wildman–Crippen LogP) is 4.58. The van der Waals surface area contributed by atoms with Crippen LogP contribution in [-0.2, 0) is 0 Å². The molecular formula is C27H34N6O2. The van der Waals surface area contributed by atoms with Crippen LogP contribution in [0.15, 0.2) is 48.9 Å². The van der Waals surface area contributed by atoms with Gasteiger partial charge in [0.05, 0.1) is 12.8 Å². The van der Waals surface area contributed by atoms with Crippen molar-refractivity contribution in [3.05, 3.63) is 60.0 Å². The number of nitrogens with one attached hydrogen (secondary N) is 3. The van der Waals surface area contributed by atoms with Gasteiger partial charge in [-0.3, -0.25) is 4.79 Å². The Kier molecular flexibility index (Phi) is 7.80. The van der Waals surface area contributed by atoms with Gasteiger partial charge in [0.25, 0.3) is 5.91 Å². The van der Waals surface area contributed by atoms with Crippen LogP contribution in [0.2, 0.25) is 0 Å². The minimum atomic E-state index is -0.129. The van der Waals surface area contributed by atoms with E-state index in [0.29, 0.717) is 5.56 Å². The number of hydrogen-bond acceptors (Lipinski definition) is 7. The lowest BCUT2D eigenvalue weighted by Gasteiger charge is -2.23. The number of aromatic nitrogens is 3. The molecule has 8 heteroatoms. The maximum absolute atomic E-state index is 12.0. The van der Waals surface area contributed by atoms with Crippen molar-refractivity contribution in [1.29, 1.82) is 0 Å². The van der Waals surface area contributed by atoms with Crippen LogP contribution in [0.25, 0.3) is 11.3 Å². The summed E-state index contributed by atoms with van der Waals surface area (Å²) in [6.45, 7) is 6.07. The molecule has 3 aromatic rings. The van der Waals surface area contributed by atoms with Gasteiger partial charge in [-0.25, -0.2) is 15.0 Å². The van der Waals surface area contributed by atoms with Crippen molar-refractivity contribution in [2.24, 2.45) is 11.8 Å². The van der Waals surface area contributed by atoms with Gasteiger partial charge in [-0.2, -0.15) is 0 Å². The molecule has 1 aliphatic rings. The van der Waals surface area contributed by atoms with Crippen LogP contribution < -0.4 is 20.7 Å². The number of anilines is 2. The summed E-state index contributed by atoms with van der Waals surface area (Å²) in [5.74, 6) is 3.55. The van der Waals surface area contributed by atoms with E-state index >= 15 is 0 Å². The molecule has 2 heterocycles. The Hall–Kier alpha value is -3.68. The number of amides is 1. The third kappa shape index (κ3) is 6.26. The summed E-state index contributed by atoms with van der Waals surface area (Å²) < 4.78 is 5.59. The molecule has 4 rings (SSSR count). The van der Waals surface area contributed by atoms with Crippen LogP contribution in [0.5, 0.6) is 5.75 Å². The number of ether oxygens (including phenoxy) is 1. The monoisotopic (exact) mass is 474 g/mol. The van der Waals surface area contributed by atoms with E-state index in [1.54, 1.807) is 26.6 Å². The number of hydrogen-bond donors (Lipinski definition) is 3. The molecule has 1 aliphatic carbocycles. The largest absolute Gasteiger partial charge is 0.496 e. The summed E-state index contributed by atoms with van der Waals surface area (Å²) in [6, 6.07) is 11.6. The second kappa shape index (κ2) is 11.2. The van der Waals surface area contributed by atoms with Crippen molar-refractivity contribution in [3.8, 4) is 17.0 Å². The second-order valence-corrected chi connectivity index (χ2v) is 9.23. The zero-order valence-corrected chi connectivity index (χ0v) is 20.8. The molecule has 1 unspecified atom stereocenters. The molecule has 0 spiro atoms. The van der Waals surface area contributed by atoms with E-state index in [0.717, 1.165) is 53.2 Å². The predicted molar refractivity (Wildman–Crippen MR) is 139 cm³/mol. The highest BCUT2D eigenvalue weighted by molar-refractivity contribution is 5.94. The second-order valence-electron chi connectivity index (χ2n) is 9.23. The Balaban J connectivity index is 1.38. The maximum Gasteiger partial charge on any atom is 0.251 e. The van der Waals surface area contributed by atoms with Crippen molar-refractivity contribution >= 4 is 17.5 Å². The van der Waals surface area contributed by atoms with Gasteiger partial charge in [0.15, 0.2) is 0 Å². The lowest BCUT2D eigenvalue weighted by atomic mass is 9.87. The van der Waals surface area contributed by atoms with E-state index in [4.69, 9.17) is 4.74 Å². The van der Waals surface area contributed by atoms with Gasteiger partial charge in [0.2, 0.25) is 0 Å². The van der Waals surface area contributed by atoms with E-state index < -0.39 is 0 Å². The van der Waals surface area contributed by atoms with Crippen molar-refractivity contribution in [3.63, 3.8) is 0 Å². The Morgan fingerprint density at radius 2 is 1.89 bits per heavy atom. The fraction of sp³-hybridized carbons (Fsp3) is 0.407. The molecule has 1 fully saturated rings. The first-order valence-electron chi connectivity index (χ1n) is 12.1. The average Bonchev–Trinajstić information content (AvgIpc) is 3.74. The summed E-state index contributed by atoms with van der Waals surface area (Å²) in [6.07, 6.45) is 6.06. The number of rotatable bonds is 11. The fourth-order valence-corrected chi connectivity index (χ4v) is 3.95. The molecule has 8 nitrogen and oxygen atoms in total. The van der Waals surface area contributed by atoms with Crippen LogP contribution in [-0.4, -0.2) is 48.1 Å². The molecule has 184 valence electrons. The minimum Gasteiger partial charge on any atom is -0.496 e. The molecular weight excluding hydrogens is 440 g/mol. The van der Waals surface area contributed by atoms with Gasteiger partial charge in [0, 0.05) is 43.5 Å². The number of nitrogens with zero attached hydrogens (tertiary/aromatic N) is 3. The van der Waals surface area contributed by atoms with Gasteiger partial charge in [-0.05, 0) is 60.4 Å². The van der Waals surface area contributed by atoms with E-state index in [1.807, 2.05) is 36.5 Å². The SMILES string of the molecule is CNC(=O)c1ccc([C@H](C)C(C)CNc2cc(-c3ccc(NCC4CC4)nc3)ncn2)c(OC)c1. The van der Waals surface area contributed by atoms with Crippen LogP contribution in [0.1, 0.15) is 48.5 Å². The molecule has 35 heavy (non-hydrogen) atoms. The van der Waals surface area contributed by atoms with Gasteiger partial charge < -0.3 is 20.7 Å². The van der Waals surface area contributed by atoms with Gasteiger partial charge >= 0.3 is 0 Å². The highest BCUT2D eigenvalue weighted by Gasteiger charge is 2.21. The summed E-state index contributed by atoms with van der Waals surface area (Å²) in [4.78, 5) is 25.3. The minimum absolute atomic E-state index is 0.129. The quantitative estimate of drug-likeness (QED) is 0.374. The number of methoxy groups -OCH3 is 1. The summed E-state index contributed by atoms with van der Waals surface area (Å²) >= 11 is 0. The zero-order chi connectivity index (χ0) is 24.8. The number of carbonyl (C=O) groups is 1. The topological polar surface area (TPSA) is 101 Å². The van der Waals surface area contributed by atoms with E-state index in [9.17, 15) is 4.79 Å². The van der Waals surface area contributed by atoms with Crippen molar-refractivity contribution < 1.29 is 9.53 Å². The summed E-state index contributed by atoms with van der Waals surface area (Å²) in [5, 5.41) is 9.48. The Morgan fingerprint density at radius 1 is 1.06 bits per heavy atom. The van der Waals surface area contributed by atoms with Gasteiger partial charge in [-0.1, -0.05) is 19.9 Å². The number of carbonyl (C=O) groups excluding carboxylic acids is 1. The van der Waals surface area contributed by atoms with E-state index in [2.05, 4.69) is 44.7 Å². The van der Waals surface area contributed by atoms with Crippen molar-refractivity contribution in [2.45, 2.75) is 32.6 Å². The Morgan fingerprint density at radius 3 is 2.57 bits per heavy atom. The highest BCUT2D eigenvalue weighted by Crippen LogP contribution is 2.33. The van der Waals surface area contributed by atoms with Crippen LogP contribution in [0, 0.1) is 11.8 Å². The van der Waals surface area contributed by atoms with E-state index in [1.165, 1.54) is 12.8 Å². The molecule has 1 amide bonds. The maximum atomic E-state index is 12.0. The van der Waals surface area contributed by atoms with Crippen LogP contribution >= 0.6 is 0 Å². The molecule has 1 aromatic carbocycles. The first kappa shape index (κ1) is 24.4. The van der Waals surface area contributed by atoms with Crippen LogP contribution in [0.3, 0.4) is 0 Å². The highest BCUT2D eigenvalue weighted by atomic mass is 16.5. The summed E-state index contributed by atoms with van der Waals surface area (Å²) in [7, 11) is 3.26. The fourth-order valence-electron chi connectivity index (χ4n) is 3.95. The Labute approximate surface area is 207 Å². The first-order valence-corrected chi connectivity index (χ1v) is 12.1. The standard InChI is InChI=1S/C27H34N6O2/c1-17(18(2)22-9-7-20(27(34)28-3)11-24(22)35-4)13-29-26-12-23(32-16-33-26)21-8-10-25(31-15-21)30-14-19-5-6-19/h7-12,15-19H,5-6,13-14H2,1-4H3,(H,28,34)(H,30,31)(H,29,32,33)/t17?,18-/m1/s1. The lowest BCUT2D eigenvalue weighted by Crippen LogP contribution is -2.20. The molecule has 0 bridgehead atoms. The third-order valence-electron chi connectivity index (χ3n) is 6.67. The zero-order valence-electron chi connectivity index (χ0n) is 20.8. The smallest absolute Gasteiger partial charge is 0.251 e. The lowest BCUT2D eigenvalue weighted by molar-refractivity contribution is 0.0962. The number of pyridine rings is 1. The molecule has 0 saturated heterocycles. The molecule has 3 N–H and O–H groups in total. The first-order chi connectivity index (χ1) is 17.0. The molecule has 1 saturated carbocycles. The summed E-state index contributed by atoms with van der Waals surface area (Å²) in [5.41, 5.74) is 3.44. The van der Waals surface area contributed by atoms with Crippen molar-refractivity contribution in [1.82, 2.24) is 20.3 Å². The normalized spacial score (nSPS) is 14.6. The van der Waals surface area contributed by atoms with E-state index in [-0.39, 0.29) is 17.7 Å². The average molecular weight is 475 g/mol. The van der Waals surface area contributed by atoms with Gasteiger partial charge in [-0.15, -0.1) is 0 Å². The molecule has 2 aromatic heterocycles. The number of benzene rings is 1. The third-order valence-corrected chi connectivity index (χ3v) is 6.67. The molecule has 0 aliphatic heterocycles. The van der Waals surface area contributed by atoms with Gasteiger partial charge in [0.1, 0.15) is 23.7 Å². The molecule has 0 radical (unpaired) electrons. The molecule has 2 atom stereocenters. The Bertz CT molecular complexity index is 1150. The van der Waals surface area contributed by atoms with Crippen molar-refractivity contribution in [2.75, 3.05) is 37.9 Å². The van der Waals surface area contributed by atoms with Crippen LogP contribution in [0.4, 0.5) is 11.6 Å².